The zero-order valence-corrected chi connectivity index (χ0v) is 15.4. The lowest BCUT2D eigenvalue weighted by Crippen LogP contribution is -2.51. The normalized spacial score (nSPS) is 18.1. The molecule has 0 aliphatic rings. The van der Waals surface area contributed by atoms with Crippen molar-refractivity contribution in [2.75, 3.05) is 0 Å². The number of hydrogen-bond donors (Lipinski definition) is 2. The van der Waals surface area contributed by atoms with Crippen LogP contribution in [0.15, 0.2) is 22.7 Å². The van der Waals surface area contributed by atoms with E-state index < -0.39 is 27.8 Å². The molecule has 1 rings (SSSR count). The lowest BCUT2D eigenvalue weighted by Gasteiger charge is -2.36. The SMILES string of the molecule is C[C@@H](O)C[C@](C)(N[S+]([O-])C(C)(C)C)c1ccc(F)c(Br)c1. The topological polar surface area (TPSA) is 55.3 Å². The van der Waals surface area contributed by atoms with E-state index in [2.05, 4.69) is 20.7 Å². The molecule has 6 heteroatoms. The van der Waals surface area contributed by atoms with Crippen LogP contribution in [0.5, 0.6) is 0 Å². The summed E-state index contributed by atoms with van der Waals surface area (Å²) in [5, 5.41) is 9.76. The Kier molecular flexibility index (Phi) is 6.27. The van der Waals surface area contributed by atoms with Crippen molar-refractivity contribution >= 4 is 27.3 Å². The first kappa shape index (κ1) is 18.9. The summed E-state index contributed by atoms with van der Waals surface area (Å²) in [4.78, 5) is 0. The molecule has 0 radical (unpaired) electrons. The molecule has 1 aromatic carbocycles. The molecule has 0 bridgehead atoms. The highest BCUT2D eigenvalue weighted by Gasteiger charge is 2.38. The van der Waals surface area contributed by atoms with Crippen LogP contribution in [0.1, 0.15) is 46.6 Å². The average molecular weight is 380 g/mol. The molecular weight excluding hydrogens is 357 g/mol. The van der Waals surface area contributed by atoms with E-state index in [0.717, 1.165) is 5.56 Å². The summed E-state index contributed by atoms with van der Waals surface area (Å²) in [5.74, 6) is -0.352. The minimum absolute atomic E-state index is 0.347. The Morgan fingerprint density at radius 3 is 2.38 bits per heavy atom. The Morgan fingerprint density at radius 1 is 1.38 bits per heavy atom. The van der Waals surface area contributed by atoms with Gasteiger partial charge in [-0.1, -0.05) is 6.07 Å². The fraction of sp³-hybridized carbons (Fsp3) is 0.600. The van der Waals surface area contributed by atoms with Crippen molar-refractivity contribution in [3.63, 3.8) is 0 Å². The smallest absolute Gasteiger partial charge is 0.137 e. The van der Waals surface area contributed by atoms with Crippen LogP contribution in [0.3, 0.4) is 0 Å². The van der Waals surface area contributed by atoms with E-state index >= 15 is 0 Å². The molecule has 0 spiro atoms. The van der Waals surface area contributed by atoms with Gasteiger partial charge in [-0.2, -0.15) is 0 Å². The van der Waals surface area contributed by atoms with Gasteiger partial charge in [0.2, 0.25) is 0 Å². The molecule has 0 saturated heterocycles. The van der Waals surface area contributed by atoms with E-state index in [-0.39, 0.29) is 5.82 Å². The summed E-state index contributed by atoms with van der Waals surface area (Å²) in [6.45, 7) is 9.17. The van der Waals surface area contributed by atoms with Crippen LogP contribution in [-0.2, 0) is 16.9 Å². The quantitative estimate of drug-likeness (QED) is 0.768. The number of benzene rings is 1. The minimum Gasteiger partial charge on any atom is -0.598 e. The number of rotatable bonds is 5. The van der Waals surface area contributed by atoms with Crippen LogP contribution >= 0.6 is 15.9 Å². The molecule has 0 aliphatic carbocycles. The molecule has 2 N–H and O–H groups in total. The van der Waals surface area contributed by atoms with E-state index in [0.29, 0.717) is 10.9 Å². The van der Waals surface area contributed by atoms with Gasteiger partial charge >= 0.3 is 0 Å². The summed E-state index contributed by atoms with van der Waals surface area (Å²) >= 11 is 1.86. The molecule has 1 unspecified atom stereocenters. The fourth-order valence-electron chi connectivity index (χ4n) is 2.01. The van der Waals surface area contributed by atoms with E-state index in [1.165, 1.54) is 6.07 Å². The Bertz CT molecular complexity index is 493. The molecule has 3 atom stereocenters. The summed E-state index contributed by atoms with van der Waals surface area (Å²) in [6.07, 6.45) is -0.212. The standard InChI is InChI=1S/C15H23BrFNO2S/c1-10(19)9-15(5,18-21(20)14(2,3)4)11-6-7-13(17)12(16)8-11/h6-8,10,18-19H,9H2,1-5H3/t10-,15+,21?/m1/s1. The molecule has 21 heavy (non-hydrogen) atoms. The molecule has 0 aromatic heterocycles. The molecule has 120 valence electrons. The van der Waals surface area contributed by atoms with Crippen molar-refractivity contribution in [1.29, 1.82) is 0 Å². The summed E-state index contributed by atoms with van der Waals surface area (Å²) < 4.78 is 28.9. The fourth-order valence-corrected chi connectivity index (χ4v) is 3.30. The second-order valence-electron chi connectivity index (χ2n) is 6.50. The number of hydrogen-bond acceptors (Lipinski definition) is 3. The molecule has 0 heterocycles. The third-order valence-corrected chi connectivity index (χ3v) is 5.49. The first-order valence-electron chi connectivity index (χ1n) is 6.79. The monoisotopic (exact) mass is 379 g/mol. The van der Waals surface area contributed by atoms with E-state index in [1.54, 1.807) is 19.1 Å². The lowest BCUT2D eigenvalue weighted by molar-refractivity contribution is 0.147. The van der Waals surface area contributed by atoms with Gasteiger partial charge < -0.3 is 9.66 Å². The van der Waals surface area contributed by atoms with Crippen LogP contribution in [0.25, 0.3) is 0 Å². The Hall–Kier alpha value is -0.140. The van der Waals surface area contributed by atoms with Gasteiger partial charge in [0.15, 0.2) is 0 Å². The number of halogens is 2. The second kappa shape index (κ2) is 6.96. The van der Waals surface area contributed by atoms with Gasteiger partial charge in [0.1, 0.15) is 10.6 Å². The van der Waals surface area contributed by atoms with E-state index in [9.17, 15) is 14.0 Å². The Balaban J connectivity index is 3.16. The van der Waals surface area contributed by atoms with Crippen molar-refractivity contribution in [3.05, 3.63) is 34.1 Å². The molecule has 1 aromatic rings. The number of nitrogens with one attached hydrogen (secondary N) is 1. The van der Waals surface area contributed by atoms with E-state index in [4.69, 9.17) is 0 Å². The minimum atomic E-state index is -1.31. The molecule has 0 fully saturated rings. The number of aliphatic hydroxyl groups excluding tert-OH is 1. The predicted octanol–water partition coefficient (Wildman–Crippen LogP) is 3.63. The van der Waals surface area contributed by atoms with Crippen LogP contribution in [0.2, 0.25) is 0 Å². The highest BCUT2D eigenvalue weighted by atomic mass is 79.9. The maximum atomic E-state index is 13.4. The molecule has 0 aliphatic heterocycles. The van der Waals surface area contributed by atoms with Gasteiger partial charge in [0.05, 0.1) is 16.1 Å². The third kappa shape index (κ3) is 5.21. The third-order valence-electron chi connectivity index (χ3n) is 3.13. The largest absolute Gasteiger partial charge is 0.598 e. The Labute approximate surface area is 137 Å². The maximum Gasteiger partial charge on any atom is 0.137 e. The van der Waals surface area contributed by atoms with Crippen molar-refractivity contribution in [1.82, 2.24) is 4.72 Å². The summed E-state index contributed by atoms with van der Waals surface area (Å²) in [5.41, 5.74) is 0.0528. The highest BCUT2D eigenvalue weighted by Crippen LogP contribution is 2.32. The zero-order chi connectivity index (χ0) is 16.4. The molecule has 0 amide bonds. The second-order valence-corrected chi connectivity index (χ2v) is 9.32. The molecule has 3 nitrogen and oxygen atoms in total. The van der Waals surface area contributed by atoms with Gasteiger partial charge in [0.25, 0.3) is 0 Å². The van der Waals surface area contributed by atoms with Crippen LogP contribution in [-0.4, -0.2) is 20.5 Å². The first-order chi connectivity index (χ1) is 9.45. The van der Waals surface area contributed by atoms with E-state index in [1.807, 2.05) is 27.7 Å². The van der Waals surface area contributed by atoms with Crippen molar-refractivity contribution in [2.24, 2.45) is 0 Å². The highest BCUT2D eigenvalue weighted by molar-refractivity contribution is 9.10. The van der Waals surface area contributed by atoms with Crippen LogP contribution in [0, 0.1) is 5.82 Å². The van der Waals surface area contributed by atoms with Gasteiger partial charge in [-0.3, -0.25) is 0 Å². The Morgan fingerprint density at radius 2 is 1.95 bits per heavy atom. The zero-order valence-electron chi connectivity index (χ0n) is 13.0. The van der Waals surface area contributed by atoms with Gasteiger partial charge in [0, 0.05) is 11.4 Å². The summed E-state index contributed by atoms with van der Waals surface area (Å²) in [7, 11) is 0. The van der Waals surface area contributed by atoms with Crippen molar-refractivity contribution in [3.8, 4) is 0 Å². The maximum absolute atomic E-state index is 13.4. The molecule has 0 saturated carbocycles. The van der Waals surface area contributed by atoms with Crippen molar-refractivity contribution < 1.29 is 14.0 Å². The van der Waals surface area contributed by atoms with Crippen LogP contribution in [0.4, 0.5) is 4.39 Å². The predicted molar refractivity (Wildman–Crippen MR) is 88.8 cm³/mol. The lowest BCUT2D eigenvalue weighted by atomic mass is 9.88. The van der Waals surface area contributed by atoms with Crippen LogP contribution < -0.4 is 4.72 Å². The van der Waals surface area contributed by atoms with Gasteiger partial charge in [-0.05, 0) is 74.7 Å². The summed E-state index contributed by atoms with van der Waals surface area (Å²) in [6, 6.07) is 4.67. The number of aliphatic hydroxyl groups is 1. The average Bonchev–Trinajstić information content (AvgIpc) is 2.30. The van der Waals surface area contributed by atoms with Gasteiger partial charge in [-0.15, -0.1) is 4.72 Å². The van der Waals surface area contributed by atoms with Gasteiger partial charge in [-0.25, -0.2) is 4.39 Å². The molecular formula is C15H23BrFNO2S. The first-order valence-corrected chi connectivity index (χ1v) is 8.73. The van der Waals surface area contributed by atoms with Crippen molar-refractivity contribution in [2.45, 2.75) is 57.4 Å².